The number of hydrogen-bond donors (Lipinski definition) is 2. The number of carbonyl (C=O) groups excluding carboxylic acids is 2. The minimum atomic E-state index is -0.591. The van der Waals surface area contributed by atoms with E-state index < -0.39 is 12.1 Å². The molecule has 0 radical (unpaired) electrons. The van der Waals surface area contributed by atoms with E-state index in [-0.39, 0.29) is 19.3 Å². The molecule has 2 amide bonds. The van der Waals surface area contributed by atoms with E-state index in [0.29, 0.717) is 34.2 Å². The number of primary amides is 1. The van der Waals surface area contributed by atoms with Gasteiger partial charge in [-0.25, -0.2) is 0 Å². The highest BCUT2D eigenvalue weighted by atomic mass is 16.7. The zero-order chi connectivity index (χ0) is 22.9. The Morgan fingerprint density at radius 3 is 2.73 bits per heavy atom. The van der Waals surface area contributed by atoms with Gasteiger partial charge in [0.05, 0.1) is 18.4 Å². The van der Waals surface area contributed by atoms with Crippen molar-refractivity contribution in [2.24, 2.45) is 5.73 Å². The summed E-state index contributed by atoms with van der Waals surface area (Å²) in [6, 6.07) is 18.0. The number of methoxy groups -OCH3 is 1. The predicted octanol–water partition coefficient (Wildman–Crippen LogP) is 3.06. The van der Waals surface area contributed by atoms with E-state index >= 15 is 0 Å². The van der Waals surface area contributed by atoms with Crippen LogP contribution in [-0.4, -0.2) is 32.3 Å². The fourth-order valence-electron chi connectivity index (χ4n) is 3.91. The molecule has 0 unspecified atom stereocenters. The first-order valence-corrected chi connectivity index (χ1v) is 10.2. The fourth-order valence-corrected chi connectivity index (χ4v) is 3.91. The van der Waals surface area contributed by atoms with Crippen molar-refractivity contribution in [1.82, 2.24) is 0 Å². The number of fused-ring (bicyclic) bond motifs is 2. The zero-order valence-electron chi connectivity index (χ0n) is 17.7. The molecule has 0 aromatic heterocycles. The Kier molecular flexibility index (Phi) is 5.14. The summed E-state index contributed by atoms with van der Waals surface area (Å²) in [6.07, 6.45) is -0.549. The van der Waals surface area contributed by atoms with E-state index in [1.165, 1.54) is 7.11 Å². The van der Waals surface area contributed by atoms with Crippen LogP contribution in [0.3, 0.4) is 0 Å². The van der Waals surface area contributed by atoms with Crippen LogP contribution < -0.4 is 34.9 Å². The number of para-hydroxylation sites is 1. The number of nitrogens with one attached hydrogen (secondary N) is 1. The summed E-state index contributed by atoms with van der Waals surface area (Å²) in [6.45, 7) is -0.131. The average Bonchev–Trinajstić information content (AvgIpc) is 3.30. The smallest absolute Gasteiger partial charge is 0.262 e. The molecule has 0 spiro atoms. The number of nitrogens with zero attached hydrogens (tertiary/aromatic N) is 1. The third-order valence-electron chi connectivity index (χ3n) is 5.43. The van der Waals surface area contributed by atoms with Crippen LogP contribution in [0.2, 0.25) is 0 Å². The molecule has 0 saturated heterocycles. The summed E-state index contributed by atoms with van der Waals surface area (Å²) in [5, 5.41) is 3.44. The maximum Gasteiger partial charge on any atom is 0.262 e. The first-order chi connectivity index (χ1) is 16.0. The molecule has 3 aromatic carbocycles. The topological polar surface area (TPSA) is 112 Å². The van der Waals surface area contributed by atoms with Crippen molar-refractivity contribution in [2.75, 3.05) is 30.7 Å². The van der Waals surface area contributed by atoms with Crippen LogP contribution in [0.15, 0.2) is 60.7 Å². The van der Waals surface area contributed by atoms with Crippen molar-refractivity contribution in [3.8, 4) is 23.0 Å². The van der Waals surface area contributed by atoms with Gasteiger partial charge in [0.15, 0.2) is 29.6 Å². The molecular formula is C24H21N3O6. The molecule has 0 fully saturated rings. The molecule has 0 aliphatic carbocycles. The van der Waals surface area contributed by atoms with Gasteiger partial charge in [0.25, 0.3) is 11.8 Å². The molecule has 168 valence electrons. The number of rotatable bonds is 6. The van der Waals surface area contributed by atoms with Gasteiger partial charge in [-0.3, -0.25) is 14.5 Å². The lowest BCUT2D eigenvalue weighted by molar-refractivity contribution is -0.119. The summed E-state index contributed by atoms with van der Waals surface area (Å²) < 4.78 is 21.8. The minimum absolute atomic E-state index is 0.140. The van der Waals surface area contributed by atoms with E-state index in [9.17, 15) is 9.59 Å². The number of nitrogens with two attached hydrogens (primary N) is 1. The lowest BCUT2D eigenvalue weighted by Crippen LogP contribution is -2.43. The molecule has 2 aliphatic heterocycles. The Morgan fingerprint density at radius 1 is 1.09 bits per heavy atom. The fraction of sp³-hybridized carbons (Fsp3) is 0.167. The third kappa shape index (κ3) is 3.73. The summed E-state index contributed by atoms with van der Waals surface area (Å²) in [5.74, 6) is 1.23. The van der Waals surface area contributed by atoms with Crippen LogP contribution >= 0.6 is 0 Å². The van der Waals surface area contributed by atoms with Crippen molar-refractivity contribution in [3.63, 3.8) is 0 Å². The lowest BCUT2D eigenvalue weighted by atomic mass is 10.0. The monoisotopic (exact) mass is 447 g/mol. The summed E-state index contributed by atoms with van der Waals surface area (Å²) >= 11 is 0. The highest BCUT2D eigenvalue weighted by Gasteiger charge is 2.35. The second-order valence-corrected chi connectivity index (χ2v) is 7.47. The second-order valence-electron chi connectivity index (χ2n) is 7.47. The number of carbonyl (C=O) groups is 2. The molecular weight excluding hydrogens is 426 g/mol. The lowest BCUT2D eigenvalue weighted by Gasteiger charge is -2.38. The number of amides is 2. The molecule has 33 heavy (non-hydrogen) atoms. The van der Waals surface area contributed by atoms with Crippen LogP contribution in [-0.2, 0) is 4.79 Å². The molecule has 0 bridgehead atoms. The summed E-state index contributed by atoms with van der Waals surface area (Å²) in [4.78, 5) is 26.4. The zero-order valence-corrected chi connectivity index (χ0v) is 17.7. The molecule has 2 heterocycles. The standard InChI is InChI=1S/C24H21N3O6/c1-30-20-10-14(6-8-18(20)31-12-22(25)28)23-26-17-5-3-2-4-16(17)24(29)27(23)15-7-9-19-21(11-15)33-13-32-19/h2-11,23,26H,12-13H2,1H3,(H2,25,28)/t23-/m1/s1. The van der Waals surface area contributed by atoms with Crippen molar-refractivity contribution in [1.29, 1.82) is 0 Å². The molecule has 3 aromatic rings. The van der Waals surface area contributed by atoms with E-state index in [1.54, 1.807) is 41.3 Å². The SMILES string of the molecule is COc1cc([C@@H]2Nc3ccccc3C(=O)N2c2ccc3c(c2)OCO3)ccc1OCC(N)=O. The molecule has 1 atom stereocenters. The van der Waals surface area contributed by atoms with Crippen LogP contribution in [0, 0.1) is 0 Å². The maximum absolute atomic E-state index is 13.6. The van der Waals surface area contributed by atoms with Gasteiger partial charge in [0.2, 0.25) is 6.79 Å². The Hall–Kier alpha value is -4.40. The van der Waals surface area contributed by atoms with Crippen molar-refractivity contribution < 1.29 is 28.5 Å². The number of hydrogen-bond acceptors (Lipinski definition) is 7. The van der Waals surface area contributed by atoms with Gasteiger partial charge in [-0.05, 0) is 42.0 Å². The Morgan fingerprint density at radius 2 is 1.91 bits per heavy atom. The van der Waals surface area contributed by atoms with Gasteiger partial charge in [0.1, 0.15) is 6.17 Å². The highest BCUT2D eigenvalue weighted by Crippen LogP contribution is 2.42. The van der Waals surface area contributed by atoms with Crippen molar-refractivity contribution in [2.45, 2.75) is 6.17 Å². The number of ether oxygens (including phenoxy) is 4. The average molecular weight is 447 g/mol. The molecule has 9 nitrogen and oxygen atoms in total. The van der Waals surface area contributed by atoms with Crippen LogP contribution in [0.25, 0.3) is 0 Å². The quantitative estimate of drug-likeness (QED) is 0.597. The van der Waals surface area contributed by atoms with E-state index in [4.69, 9.17) is 24.7 Å². The Balaban J connectivity index is 1.58. The van der Waals surface area contributed by atoms with Gasteiger partial charge in [-0.1, -0.05) is 18.2 Å². The Bertz CT molecular complexity index is 1240. The van der Waals surface area contributed by atoms with Crippen molar-refractivity contribution >= 4 is 23.2 Å². The van der Waals surface area contributed by atoms with Crippen LogP contribution in [0.1, 0.15) is 22.1 Å². The number of benzene rings is 3. The maximum atomic E-state index is 13.6. The molecule has 3 N–H and O–H groups in total. The van der Waals surface area contributed by atoms with Crippen LogP contribution in [0.5, 0.6) is 23.0 Å². The summed E-state index contributed by atoms with van der Waals surface area (Å²) in [5.41, 5.74) is 7.85. The second kappa shape index (κ2) is 8.27. The molecule has 5 rings (SSSR count). The van der Waals surface area contributed by atoms with E-state index in [1.807, 2.05) is 24.3 Å². The van der Waals surface area contributed by atoms with Gasteiger partial charge < -0.3 is 30.0 Å². The van der Waals surface area contributed by atoms with Crippen molar-refractivity contribution in [3.05, 3.63) is 71.8 Å². The van der Waals surface area contributed by atoms with E-state index in [2.05, 4.69) is 5.32 Å². The van der Waals surface area contributed by atoms with Gasteiger partial charge >= 0.3 is 0 Å². The third-order valence-corrected chi connectivity index (χ3v) is 5.43. The first-order valence-electron chi connectivity index (χ1n) is 10.2. The minimum Gasteiger partial charge on any atom is -0.493 e. The normalized spacial score (nSPS) is 16.1. The van der Waals surface area contributed by atoms with Crippen LogP contribution in [0.4, 0.5) is 11.4 Å². The van der Waals surface area contributed by atoms with Gasteiger partial charge in [-0.15, -0.1) is 0 Å². The predicted molar refractivity (Wildman–Crippen MR) is 120 cm³/mol. The Labute approximate surface area is 189 Å². The largest absolute Gasteiger partial charge is 0.493 e. The number of anilines is 2. The molecule has 9 heteroatoms. The highest BCUT2D eigenvalue weighted by molar-refractivity contribution is 6.12. The molecule has 0 saturated carbocycles. The molecule has 2 aliphatic rings. The van der Waals surface area contributed by atoms with Gasteiger partial charge in [-0.2, -0.15) is 0 Å². The van der Waals surface area contributed by atoms with E-state index in [0.717, 1.165) is 11.3 Å². The first kappa shape index (κ1) is 20.5. The summed E-state index contributed by atoms with van der Waals surface area (Å²) in [7, 11) is 1.50. The van der Waals surface area contributed by atoms with Gasteiger partial charge in [0, 0.05) is 11.8 Å².